The van der Waals surface area contributed by atoms with Crippen molar-refractivity contribution < 1.29 is 13.9 Å². The first-order valence-corrected chi connectivity index (χ1v) is 6.68. The first kappa shape index (κ1) is 15.0. The Kier molecular flexibility index (Phi) is 4.57. The molecular formula is C15H18FN3O2. The van der Waals surface area contributed by atoms with Crippen LogP contribution in [0.1, 0.15) is 35.3 Å². The molecule has 1 amide bonds. The summed E-state index contributed by atoms with van der Waals surface area (Å²) >= 11 is 0. The molecule has 0 bridgehead atoms. The van der Waals surface area contributed by atoms with Gasteiger partial charge in [-0.3, -0.25) is 9.48 Å². The van der Waals surface area contributed by atoms with Crippen molar-refractivity contribution >= 4 is 5.91 Å². The van der Waals surface area contributed by atoms with Crippen molar-refractivity contribution in [2.75, 3.05) is 7.11 Å². The summed E-state index contributed by atoms with van der Waals surface area (Å²) in [6.45, 7) is 1.94. The number of aryl methyl sites for hydroxylation is 1. The molecule has 1 N–H and O–H groups in total. The maximum atomic E-state index is 14.1. The van der Waals surface area contributed by atoms with E-state index in [-0.39, 0.29) is 17.4 Å². The number of rotatable bonds is 5. The van der Waals surface area contributed by atoms with Gasteiger partial charge in [-0.1, -0.05) is 13.0 Å². The number of carbonyl (C=O) groups excluding carboxylic acids is 1. The van der Waals surface area contributed by atoms with Gasteiger partial charge in [0, 0.05) is 18.8 Å². The van der Waals surface area contributed by atoms with Crippen LogP contribution in [0, 0.1) is 5.82 Å². The van der Waals surface area contributed by atoms with Crippen LogP contribution in [-0.4, -0.2) is 22.8 Å². The van der Waals surface area contributed by atoms with Crippen molar-refractivity contribution in [1.29, 1.82) is 0 Å². The van der Waals surface area contributed by atoms with E-state index in [9.17, 15) is 9.18 Å². The van der Waals surface area contributed by atoms with E-state index in [2.05, 4.69) is 10.4 Å². The summed E-state index contributed by atoms with van der Waals surface area (Å²) in [6.07, 6.45) is 4.20. The molecule has 1 atom stereocenters. The van der Waals surface area contributed by atoms with Crippen molar-refractivity contribution in [2.24, 2.45) is 7.05 Å². The van der Waals surface area contributed by atoms with Gasteiger partial charge in [-0.2, -0.15) is 5.10 Å². The topological polar surface area (TPSA) is 56.1 Å². The normalized spacial score (nSPS) is 12.0. The van der Waals surface area contributed by atoms with E-state index in [1.165, 1.54) is 19.2 Å². The molecule has 0 saturated heterocycles. The lowest BCUT2D eigenvalue weighted by Crippen LogP contribution is -2.28. The third-order valence-corrected chi connectivity index (χ3v) is 3.27. The molecule has 0 aliphatic carbocycles. The standard InChI is InChI=1S/C15H18FN3O2/c1-4-12(10-8-17-19(2)9-10)18-15(20)11-6-5-7-13(21-3)14(11)16/h5-9,12H,4H2,1-3H3,(H,18,20)/t12-/m1/s1. The first-order valence-electron chi connectivity index (χ1n) is 6.68. The van der Waals surface area contributed by atoms with Gasteiger partial charge in [0.05, 0.1) is 24.9 Å². The van der Waals surface area contributed by atoms with E-state index >= 15 is 0 Å². The fraction of sp³-hybridized carbons (Fsp3) is 0.333. The molecule has 1 aromatic carbocycles. The predicted octanol–water partition coefficient (Wildman–Crippen LogP) is 2.45. The van der Waals surface area contributed by atoms with Gasteiger partial charge in [0.25, 0.3) is 5.91 Å². The van der Waals surface area contributed by atoms with E-state index in [4.69, 9.17) is 4.74 Å². The third-order valence-electron chi connectivity index (χ3n) is 3.27. The molecule has 0 aliphatic heterocycles. The summed E-state index contributed by atoms with van der Waals surface area (Å²) in [6, 6.07) is 4.28. The van der Waals surface area contributed by atoms with E-state index in [0.717, 1.165) is 5.56 Å². The average Bonchev–Trinajstić information content (AvgIpc) is 2.91. The van der Waals surface area contributed by atoms with Gasteiger partial charge >= 0.3 is 0 Å². The van der Waals surface area contributed by atoms with Gasteiger partial charge in [0.15, 0.2) is 11.6 Å². The Hall–Kier alpha value is -2.37. The second-order valence-electron chi connectivity index (χ2n) is 4.70. The van der Waals surface area contributed by atoms with E-state index in [1.807, 2.05) is 13.1 Å². The van der Waals surface area contributed by atoms with Crippen LogP contribution < -0.4 is 10.1 Å². The predicted molar refractivity (Wildman–Crippen MR) is 76.7 cm³/mol. The molecule has 0 unspecified atom stereocenters. The van der Waals surface area contributed by atoms with Crippen LogP contribution >= 0.6 is 0 Å². The highest BCUT2D eigenvalue weighted by molar-refractivity contribution is 5.95. The molecule has 21 heavy (non-hydrogen) atoms. The maximum absolute atomic E-state index is 14.1. The smallest absolute Gasteiger partial charge is 0.254 e. The molecule has 0 saturated carbocycles. The number of ether oxygens (including phenoxy) is 1. The minimum absolute atomic E-state index is 0.0308. The van der Waals surface area contributed by atoms with Crippen LogP contribution in [0.3, 0.4) is 0 Å². The summed E-state index contributed by atoms with van der Waals surface area (Å²) in [5.74, 6) is -1.07. The molecule has 0 spiro atoms. The molecule has 0 fully saturated rings. The van der Waals surface area contributed by atoms with Gasteiger partial charge in [-0.05, 0) is 18.6 Å². The lowest BCUT2D eigenvalue weighted by Gasteiger charge is -2.16. The Balaban J connectivity index is 2.20. The van der Waals surface area contributed by atoms with Crippen LogP contribution in [-0.2, 0) is 7.05 Å². The van der Waals surface area contributed by atoms with Gasteiger partial charge in [-0.15, -0.1) is 0 Å². The van der Waals surface area contributed by atoms with E-state index in [1.54, 1.807) is 24.0 Å². The number of aromatic nitrogens is 2. The Labute approximate surface area is 122 Å². The number of hydrogen-bond acceptors (Lipinski definition) is 3. The maximum Gasteiger partial charge on any atom is 0.254 e. The number of nitrogens with zero attached hydrogens (tertiary/aromatic N) is 2. The number of amides is 1. The quantitative estimate of drug-likeness (QED) is 0.920. The highest BCUT2D eigenvalue weighted by atomic mass is 19.1. The Morgan fingerprint density at radius 1 is 1.52 bits per heavy atom. The fourth-order valence-corrected chi connectivity index (χ4v) is 2.12. The number of methoxy groups -OCH3 is 1. The Morgan fingerprint density at radius 2 is 2.29 bits per heavy atom. The second-order valence-corrected chi connectivity index (χ2v) is 4.70. The lowest BCUT2D eigenvalue weighted by atomic mass is 10.1. The summed E-state index contributed by atoms with van der Waals surface area (Å²) in [5, 5.41) is 6.90. The van der Waals surface area contributed by atoms with Crippen LogP contribution in [0.2, 0.25) is 0 Å². The van der Waals surface area contributed by atoms with Crippen LogP contribution in [0.5, 0.6) is 5.75 Å². The summed E-state index contributed by atoms with van der Waals surface area (Å²) < 4.78 is 20.6. The van der Waals surface area contributed by atoms with Crippen molar-refractivity contribution in [1.82, 2.24) is 15.1 Å². The van der Waals surface area contributed by atoms with Crippen LogP contribution in [0.15, 0.2) is 30.6 Å². The summed E-state index contributed by atoms with van der Waals surface area (Å²) in [4.78, 5) is 12.2. The van der Waals surface area contributed by atoms with Crippen molar-refractivity contribution in [3.05, 3.63) is 47.5 Å². The minimum atomic E-state index is -0.654. The zero-order valence-corrected chi connectivity index (χ0v) is 12.3. The van der Waals surface area contributed by atoms with Crippen molar-refractivity contribution in [3.63, 3.8) is 0 Å². The van der Waals surface area contributed by atoms with Gasteiger partial charge in [-0.25, -0.2) is 4.39 Å². The summed E-state index contributed by atoms with van der Waals surface area (Å²) in [5.41, 5.74) is 0.855. The molecule has 0 aliphatic rings. The third kappa shape index (κ3) is 3.21. The number of carbonyl (C=O) groups is 1. The Morgan fingerprint density at radius 3 is 2.86 bits per heavy atom. The molecule has 0 radical (unpaired) electrons. The van der Waals surface area contributed by atoms with Gasteiger partial charge < -0.3 is 10.1 Å². The number of halogens is 1. The van der Waals surface area contributed by atoms with E-state index in [0.29, 0.717) is 6.42 Å². The molecule has 1 heterocycles. The molecule has 6 heteroatoms. The monoisotopic (exact) mass is 291 g/mol. The molecule has 1 aromatic heterocycles. The highest BCUT2D eigenvalue weighted by Gasteiger charge is 2.19. The molecule has 112 valence electrons. The second kappa shape index (κ2) is 6.39. The average molecular weight is 291 g/mol. The van der Waals surface area contributed by atoms with Crippen LogP contribution in [0.4, 0.5) is 4.39 Å². The highest BCUT2D eigenvalue weighted by Crippen LogP contribution is 2.22. The number of benzene rings is 1. The zero-order chi connectivity index (χ0) is 15.4. The molecule has 5 nitrogen and oxygen atoms in total. The van der Waals surface area contributed by atoms with Crippen molar-refractivity contribution in [2.45, 2.75) is 19.4 Å². The zero-order valence-electron chi connectivity index (χ0n) is 12.3. The van der Waals surface area contributed by atoms with Crippen molar-refractivity contribution in [3.8, 4) is 5.75 Å². The van der Waals surface area contributed by atoms with E-state index < -0.39 is 11.7 Å². The lowest BCUT2D eigenvalue weighted by molar-refractivity contribution is 0.0930. The molecule has 2 aromatic rings. The number of hydrogen-bond donors (Lipinski definition) is 1. The minimum Gasteiger partial charge on any atom is -0.494 e. The number of nitrogens with one attached hydrogen (secondary N) is 1. The Bertz CT molecular complexity index is 640. The molecular weight excluding hydrogens is 273 g/mol. The van der Waals surface area contributed by atoms with Gasteiger partial charge in [0.2, 0.25) is 0 Å². The summed E-state index contributed by atoms with van der Waals surface area (Å²) in [7, 11) is 3.17. The van der Waals surface area contributed by atoms with Crippen LogP contribution in [0.25, 0.3) is 0 Å². The fourth-order valence-electron chi connectivity index (χ4n) is 2.12. The molecule has 2 rings (SSSR count). The van der Waals surface area contributed by atoms with Gasteiger partial charge in [0.1, 0.15) is 0 Å². The largest absolute Gasteiger partial charge is 0.494 e. The first-order chi connectivity index (χ1) is 10.1. The SMILES string of the molecule is CC[C@@H](NC(=O)c1cccc(OC)c1F)c1cnn(C)c1.